The van der Waals surface area contributed by atoms with Gasteiger partial charge in [0.15, 0.2) is 11.6 Å². The van der Waals surface area contributed by atoms with Gasteiger partial charge in [0.05, 0.1) is 11.6 Å². The Hall–Kier alpha value is -2.09. The van der Waals surface area contributed by atoms with Gasteiger partial charge in [-0.3, -0.25) is 0 Å². The van der Waals surface area contributed by atoms with E-state index in [1.165, 1.54) is 6.07 Å². The number of nitrogens with zero attached hydrogens (tertiary/aromatic N) is 1. The summed E-state index contributed by atoms with van der Waals surface area (Å²) in [5.41, 5.74) is 7.28. The Labute approximate surface area is 121 Å². The molecule has 0 spiro atoms. The predicted molar refractivity (Wildman–Crippen MR) is 74.8 cm³/mol. The summed E-state index contributed by atoms with van der Waals surface area (Å²) >= 11 is 6.04. The summed E-state index contributed by atoms with van der Waals surface area (Å²) in [5.74, 6) is -0.326. The van der Waals surface area contributed by atoms with Gasteiger partial charge in [-0.05, 0) is 18.2 Å². The number of rotatable bonds is 4. The number of halogens is 2. The third-order valence-electron chi connectivity index (χ3n) is 2.82. The zero-order valence-electron chi connectivity index (χ0n) is 10.6. The molecule has 0 aromatic heterocycles. The van der Waals surface area contributed by atoms with Gasteiger partial charge < -0.3 is 10.5 Å². The molecular formula is C15H12ClFN2O. The highest BCUT2D eigenvalue weighted by atomic mass is 35.5. The van der Waals surface area contributed by atoms with Crippen molar-refractivity contribution in [2.75, 3.05) is 0 Å². The number of benzene rings is 2. The summed E-state index contributed by atoms with van der Waals surface area (Å²) in [6.45, 7) is 0.298. The quantitative estimate of drug-likeness (QED) is 0.939. The van der Waals surface area contributed by atoms with Gasteiger partial charge in [0.2, 0.25) is 0 Å². The normalized spacial score (nSPS) is 10.1. The molecular weight excluding hydrogens is 279 g/mol. The van der Waals surface area contributed by atoms with Gasteiger partial charge in [0.25, 0.3) is 0 Å². The molecule has 0 bridgehead atoms. The highest BCUT2D eigenvalue weighted by Crippen LogP contribution is 2.25. The van der Waals surface area contributed by atoms with Gasteiger partial charge in [-0.2, -0.15) is 5.26 Å². The molecule has 3 nitrogen and oxygen atoms in total. The van der Waals surface area contributed by atoms with Gasteiger partial charge in [0, 0.05) is 22.7 Å². The summed E-state index contributed by atoms with van der Waals surface area (Å²) in [7, 11) is 0. The van der Waals surface area contributed by atoms with E-state index in [0.717, 1.165) is 0 Å². The molecule has 2 N–H and O–H groups in total. The van der Waals surface area contributed by atoms with Gasteiger partial charge >= 0.3 is 0 Å². The van der Waals surface area contributed by atoms with Crippen LogP contribution in [0.15, 0.2) is 36.4 Å². The lowest BCUT2D eigenvalue weighted by Gasteiger charge is -2.12. The number of ether oxygens (including phenoxy) is 1. The van der Waals surface area contributed by atoms with Crippen molar-refractivity contribution in [3.63, 3.8) is 0 Å². The molecule has 0 unspecified atom stereocenters. The third kappa shape index (κ3) is 3.08. The van der Waals surface area contributed by atoms with Crippen LogP contribution in [0, 0.1) is 17.1 Å². The van der Waals surface area contributed by atoms with E-state index >= 15 is 0 Å². The predicted octanol–water partition coefficient (Wildman–Crippen LogP) is 3.39. The lowest BCUT2D eigenvalue weighted by atomic mass is 10.1. The van der Waals surface area contributed by atoms with E-state index in [2.05, 4.69) is 0 Å². The first-order valence-corrected chi connectivity index (χ1v) is 6.32. The smallest absolute Gasteiger partial charge is 0.165 e. The number of hydrogen-bond acceptors (Lipinski definition) is 3. The fourth-order valence-corrected chi connectivity index (χ4v) is 1.99. The number of para-hydroxylation sites is 1. The number of nitriles is 1. The Morgan fingerprint density at radius 3 is 2.70 bits per heavy atom. The Bertz CT molecular complexity index is 667. The Balaban J connectivity index is 2.19. The topological polar surface area (TPSA) is 59.0 Å². The van der Waals surface area contributed by atoms with Crippen molar-refractivity contribution >= 4 is 11.6 Å². The Kier molecular flexibility index (Phi) is 4.57. The van der Waals surface area contributed by atoms with Crippen molar-refractivity contribution in [1.29, 1.82) is 5.26 Å². The van der Waals surface area contributed by atoms with Crippen molar-refractivity contribution in [2.45, 2.75) is 13.2 Å². The maximum atomic E-state index is 13.7. The van der Waals surface area contributed by atoms with Crippen LogP contribution in [-0.2, 0) is 13.2 Å². The highest BCUT2D eigenvalue weighted by Gasteiger charge is 2.10. The van der Waals surface area contributed by atoms with Gasteiger partial charge in [-0.1, -0.05) is 29.8 Å². The summed E-state index contributed by atoms with van der Waals surface area (Å²) < 4.78 is 19.2. The van der Waals surface area contributed by atoms with Crippen LogP contribution in [0.3, 0.4) is 0 Å². The van der Waals surface area contributed by atoms with Crippen molar-refractivity contribution < 1.29 is 9.13 Å². The SMILES string of the molecule is N#Cc1ccc(COc2c(F)cccc2CN)c(Cl)c1. The molecule has 2 aromatic carbocycles. The maximum Gasteiger partial charge on any atom is 0.165 e. The molecule has 0 aliphatic carbocycles. The van der Waals surface area contributed by atoms with Gasteiger partial charge in [-0.25, -0.2) is 4.39 Å². The molecule has 102 valence electrons. The monoisotopic (exact) mass is 290 g/mol. The fraction of sp³-hybridized carbons (Fsp3) is 0.133. The zero-order valence-corrected chi connectivity index (χ0v) is 11.3. The van der Waals surface area contributed by atoms with Crippen molar-refractivity contribution in [2.24, 2.45) is 5.73 Å². The van der Waals surface area contributed by atoms with Crippen LogP contribution in [0.1, 0.15) is 16.7 Å². The third-order valence-corrected chi connectivity index (χ3v) is 3.17. The van der Waals surface area contributed by atoms with Crippen LogP contribution in [-0.4, -0.2) is 0 Å². The molecule has 0 amide bonds. The van der Waals surface area contributed by atoms with Crippen LogP contribution in [0.25, 0.3) is 0 Å². The minimum Gasteiger partial charge on any atom is -0.485 e. The number of nitrogens with two attached hydrogens (primary N) is 1. The summed E-state index contributed by atoms with van der Waals surface area (Å²) in [6, 6.07) is 11.5. The van der Waals surface area contributed by atoms with Crippen molar-refractivity contribution in [3.8, 4) is 11.8 Å². The van der Waals surface area contributed by atoms with E-state index in [0.29, 0.717) is 21.7 Å². The van der Waals surface area contributed by atoms with E-state index < -0.39 is 5.82 Å². The van der Waals surface area contributed by atoms with Crippen LogP contribution in [0.5, 0.6) is 5.75 Å². The van der Waals surface area contributed by atoms with E-state index in [-0.39, 0.29) is 18.9 Å². The largest absolute Gasteiger partial charge is 0.485 e. The molecule has 0 saturated heterocycles. The summed E-state index contributed by atoms with van der Waals surface area (Å²) in [5, 5.41) is 9.17. The first kappa shape index (κ1) is 14.3. The van der Waals surface area contributed by atoms with Gasteiger partial charge in [-0.15, -0.1) is 0 Å². The lowest BCUT2D eigenvalue weighted by molar-refractivity contribution is 0.287. The molecule has 20 heavy (non-hydrogen) atoms. The maximum absolute atomic E-state index is 13.7. The lowest BCUT2D eigenvalue weighted by Crippen LogP contribution is -2.05. The highest BCUT2D eigenvalue weighted by molar-refractivity contribution is 6.31. The van der Waals surface area contributed by atoms with E-state index in [9.17, 15) is 4.39 Å². The second kappa shape index (κ2) is 6.38. The molecule has 0 radical (unpaired) electrons. The van der Waals surface area contributed by atoms with Crippen LogP contribution < -0.4 is 10.5 Å². The van der Waals surface area contributed by atoms with Crippen LogP contribution >= 0.6 is 11.6 Å². The standard InChI is InChI=1S/C15H12ClFN2O/c16-13-6-10(7-18)4-5-12(13)9-20-15-11(8-19)2-1-3-14(15)17/h1-6H,8-9,19H2. The average Bonchev–Trinajstić information content (AvgIpc) is 2.46. The van der Waals surface area contributed by atoms with Crippen molar-refractivity contribution in [1.82, 2.24) is 0 Å². The minimum absolute atomic E-state index is 0.110. The molecule has 0 aliphatic heterocycles. The second-order valence-electron chi connectivity index (χ2n) is 4.14. The molecule has 5 heteroatoms. The molecule has 0 saturated carbocycles. The Morgan fingerprint density at radius 1 is 1.25 bits per heavy atom. The summed E-state index contributed by atoms with van der Waals surface area (Å²) in [4.78, 5) is 0. The first-order valence-electron chi connectivity index (χ1n) is 5.94. The molecule has 0 aliphatic rings. The van der Waals surface area contributed by atoms with Crippen LogP contribution in [0.2, 0.25) is 5.02 Å². The van der Waals surface area contributed by atoms with E-state index in [4.69, 9.17) is 27.3 Å². The minimum atomic E-state index is -0.460. The molecule has 2 aromatic rings. The average molecular weight is 291 g/mol. The second-order valence-corrected chi connectivity index (χ2v) is 4.55. The number of hydrogen-bond donors (Lipinski definition) is 1. The van der Waals surface area contributed by atoms with Crippen LogP contribution in [0.4, 0.5) is 4.39 Å². The Morgan fingerprint density at radius 2 is 2.05 bits per heavy atom. The zero-order chi connectivity index (χ0) is 14.5. The molecule has 2 rings (SSSR count). The summed E-state index contributed by atoms with van der Waals surface area (Å²) in [6.07, 6.45) is 0. The fourth-order valence-electron chi connectivity index (χ4n) is 1.76. The molecule has 0 fully saturated rings. The first-order chi connectivity index (χ1) is 9.65. The van der Waals surface area contributed by atoms with E-state index in [1.807, 2.05) is 6.07 Å². The van der Waals surface area contributed by atoms with Crippen molar-refractivity contribution in [3.05, 3.63) is 63.9 Å². The molecule has 0 atom stereocenters. The van der Waals surface area contributed by atoms with E-state index in [1.54, 1.807) is 30.3 Å². The molecule has 0 heterocycles. The van der Waals surface area contributed by atoms with Gasteiger partial charge in [0.1, 0.15) is 6.61 Å².